The molecule has 4 rings (SSSR count). The highest BCUT2D eigenvalue weighted by molar-refractivity contribution is 5.87. The summed E-state index contributed by atoms with van der Waals surface area (Å²) in [4.78, 5) is 23.1. The van der Waals surface area contributed by atoms with E-state index in [0.29, 0.717) is 0 Å². The highest BCUT2D eigenvalue weighted by atomic mass is 16.6. The smallest absolute Gasteiger partial charge is 0.331 e. The lowest BCUT2D eigenvalue weighted by Crippen LogP contribution is -2.37. The Labute approximate surface area is 156 Å². The molecule has 0 aromatic heterocycles. The predicted octanol–water partition coefficient (Wildman–Crippen LogP) is 4.21. The number of carbonyl (C=O) groups excluding carboxylic acids is 1. The second-order valence-corrected chi connectivity index (χ2v) is 6.59. The molecule has 1 aliphatic rings. The van der Waals surface area contributed by atoms with Crippen LogP contribution in [-0.2, 0) is 15.1 Å². The number of benzene rings is 3. The molecular weight excluding hydrogens is 342 g/mol. The van der Waals surface area contributed by atoms with E-state index in [9.17, 15) is 14.9 Å². The van der Waals surface area contributed by atoms with Crippen LogP contribution in [0, 0.1) is 10.1 Å². The van der Waals surface area contributed by atoms with Crippen LogP contribution in [0.15, 0.2) is 84.9 Å². The zero-order chi connectivity index (χ0) is 18.9. The molecule has 0 bridgehead atoms. The molecule has 134 valence electrons. The minimum absolute atomic E-state index is 0.353. The third-order valence-corrected chi connectivity index (χ3v) is 4.99. The van der Waals surface area contributed by atoms with Crippen molar-refractivity contribution in [2.24, 2.45) is 0 Å². The number of hydrogen-bond acceptors (Lipinski definition) is 4. The molecule has 0 saturated heterocycles. The maximum atomic E-state index is 12.0. The molecular formula is C22H17NO4. The summed E-state index contributed by atoms with van der Waals surface area (Å²) in [6.45, 7) is -0.353. The number of ether oxygens (including phenoxy) is 1. The van der Waals surface area contributed by atoms with Gasteiger partial charge in [0, 0.05) is 16.6 Å². The van der Waals surface area contributed by atoms with Gasteiger partial charge >= 0.3 is 5.97 Å². The van der Waals surface area contributed by atoms with Gasteiger partial charge in [0.25, 0.3) is 0 Å². The maximum absolute atomic E-state index is 12.0. The van der Waals surface area contributed by atoms with E-state index in [1.807, 2.05) is 72.8 Å². The Bertz CT molecular complexity index is 1040. The van der Waals surface area contributed by atoms with Crippen molar-refractivity contribution in [3.8, 4) is 0 Å². The average molecular weight is 359 g/mol. The first kappa shape index (κ1) is 17.0. The van der Waals surface area contributed by atoms with Crippen LogP contribution in [0.25, 0.3) is 10.8 Å². The highest BCUT2D eigenvalue weighted by Crippen LogP contribution is 2.45. The zero-order valence-electron chi connectivity index (χ0n) is 14.4. The lowest BCUT2D eigenvalue weighted by Gasteiger charge is -2.34. The fourth-order valence-electron chi connectivity index (χ4n) is 3.73. The van der Waals surface area contributed by atoms with Crippen molar-refractivity contribution < 1.29 is 14.5 Å². The van der Waals surface area contributed by atoms with E-state index in [-0.39, 0.29) is 11.5 Å². The summed E-state index contributed by atoms with van der Waals surface area (Å²) in [6, 6.07) is 22.8. The molecule has 0 spiro atoms. The molecule has 5 nitrogen and oxygen atoms in total. The van der Waals surface area contributed by atoms with E-state index >= 15 is 0 Å². The summed E-state index contributed by atoms with van der Waals surface area (Å²) in [6.07, 6.45) is 3.01. The Kier molecular flexibility index (Phi) is 4.20. The van der Waals surface area contributed by atoms with Crippen LogP contribution in [0.2, 0.25) is 0 Å². The van der Waals surface area contributed by atoms with Gasteiger partial charge in [-0.1, -0.05) is 66.7 Å². The van der Waals surface area contributed by atoms with E-state index < -0.39 is 17.5 Å². The van der Waals surface area contributed by atoms with Gasteiger partial charge < -0.3 is 4.74 Å². The van der Waals surface area contributed by atoms with Crippen molar-refractivity contribution in [1.82, 2.24) is 0 Å². The number of nitrogens with zero attached hydrogens (tertiary/aromatic N) is 1. The molecule has 3 aromatic rings. The summed E-state index contributed by atoms with van der Waals surface area (Å²) in [5, 5.41) is 13.5. The second kappa shape index (κ2) is 6.68. The lowest BCUT2D eigenvalue weighted by atomic mass is 9.77. The number of esters is 1. The van der Waals surface area contributed by atoms with Crippen molar-refractivity contribution in [2.45, 2.75) is 11.5 Å². The zero-order valence-corrected chi connectivity index (χ0v) is 14.4. The van der Waals surface area contributed by atoms with E-state index in [2.05, 4.69) is 0 Å². The van der Waals surface area contributed by atoms with Crippen LogP contribution in [0.4, 0.5) is 0 Å². The third-order valence-electron chi connectivity index (χ3n) is 4.99. The minimum Gasteiger partial charge on any atom is -0.446 e. The summed E-state index contributed by atoms with van der Waals surface area (Å²) < 4.78 is 5.75. The van der Waals surface area contributed by atoms with Gasteiger partial charge in [-0.15, -0.1) is 0 Å². The van der Waals surface area contributed by atoms with Crippen LogP contribution >= 0.6 is 0 Å². The molecule has 0 radical (unpaired) electrons. The van der Waals surface area contributed by atoms with Gasteiger partial charge in [0.05, 0.1) is 5.92 Å². The molecule has 0 N–H and O–H groups in total. The molecule has 0 unspecified atom stereocenters. The topological polar surface area (TPSA) is 69.4 Å². The fraction of sp³-hybridized carbons (Fsp3) is 0.136. The standard InChI is InChI=1S/C22H17NO4/c24-21-12-13-22(27-21,19-11-10-16-6-4-5-9-18(16)14-19)20(15-23(25)26)17-7-2-1-3-8-17/h1-14,20H,15H2/t20-,22-/m1/s1. The van der Waals surface area contributed by atoms with Crippen molar-refractivity contribution in [1.29, 1.82) is 0 Å². The SMILES string of the molecule is O=C1C=C[C@@](c2ccc3ccccc3c2)([C@H](C[N+](=O)[O-])c2ccccc2)O1. The van der Waals surface area contributed by atoms with Gasteiger partial charge in [-0.05, 0) is 28.5 Å². The van der Waals surface area contributed by atoms with Crippen molar-refractivity contribution in [3.63, 3.8) is 0 Å². The summed E-state index contributed by atoms with van der Waals surface area (Å²) in [5.41, 5.74) is 0.260. The number of nitro groups is 1. The average Bonchev–Trinajstić information content (AvgIpc) is 3.09. The number of rotatable bonds is 5. The molecule has 0 amide bonds. The summed E-state index contributed by atoms with van der Waals surface area (Å²) >= 11 is 0. The Hall–Kier alpha value is -3.47. The summed E-state index contributed by atoms with van der Waals surface area (Å²) in [5.74, 6) is -1.13. The lowest BCUT2D eigenvalue weighted by molar-refractivity contribution is -0.486. The number of hydrogen-bond donors (Lipinski definition) is 0. The fourth-order valence-corrected chi connectivity index (χ4v) is 3.73. The van der Waals surface area contributed by atoms with E-state index in [1.165, 1.54) is 6.08 Å². The predicted molar refractivity (Wildman–Crippen MR) is 102 cm³/mol. The number of carbonyl (C=O) groups is 1. The Morgan fingerprint density at radius 2 is 1.67 bits per heavy atom. The van der Waals surface area contributed by atoms with E-state index in [1.54, 1.807) is 6.08 Å². The van der Waals surface area contributed by atoms with Crippen molar-refractivity contribution in [3.05, 3.63) is 106 Å². The third kappa shape index (κ3) is 3.08. The van der Waals surface area contributed by atoms with E-state index in [0.717, 1.165) is 21.9 Å². The van der Waals surface area contributed by atoms with Gasteiger partial charge in [-0.2, -0.15) is 0 Å². The quantitative estimate of drug-likeness (QED) is 0.389. The first-order valence-corrected chi connectivity index (χ1v) is 8.67. The molecule has 3 aromatic carbocycles. The number of cyclic esters (lactones) is 1. The first-order chi connectivity index (χ1) is 13.1. The Morgan fingerprint density at radius 3 is 2.33 bits per heavy atom. The van der Waals surface area contributed by atoms with E-state index in [4.69, 9.17) is 4.74 Å². The molecule has 1 heterocycles. The monoisotopic (exact) mass is 359 g/mol. The van der Waals surface area contributed by atoms with Crippen LogP contribution in [0.5, 0.6) is 0 Å². The normalized spacial score (nSPS) is 19.8. The molecule has 2 atom stereocenters. The van der Waals surface area contributed by atoms with Crippen LogP contribution in [-0.4, -0.2) is 17.4 Å². The second-order valence-electron chi connectivity index (χ2n) is 6.59. The molecule has 27 heavy (non-hydrogen) atoms. The van der Waals surface area contributed by atoms with Crippen LogP contribution < -0.4 is 0 Å². The van der Waals surface area contributed by atoms with Crippen molar-refractivity contribution >= 4 is 16.7 Å². The maximum Gasteiger partial charge on any atom is 0.331 e. The van der Waals surface area contributed by atoms with Crippen LogP contribution in [0.3, 0.4) is 0 Å². The first-order valence-electron chi connectivity index (χ1n) is 8.67. The minimum atomic E-state index is -1.21. The number of fused-ring (bicyclic) bond motifs is 1. The molecule has 0 saturated carbocycles. The summed E-state index contributed by atoms with van der Waals surface area (Å²) in [7, 11) is 0. The molecule has 1 aliphatic heterocycles. The van der Waals surface area contributed by atoms with Gasteiger partial charge in [0.15, 0.2) is 5.60 Å². The van der Waals surface area contributed by atoms with Gasteiger partial charge in [0.2, 0.25) is 6.54 Å². The highest BCUT2D eigenvalue weighted by Gasteiger charge is 2.48. The Morgan fingerprint density at radius 1 is 0.963 bits per heavy atom. The molecule has 0 fully saturated rings. The van der Waals surface area contributed by atoms with Gasteiger partial charge in [-0.3, -0.25) is 10.1 Å². The van der Waals surface area contributed by atoms with Gasteiger partial charge in [0.1, 0.15) is 0 Å². The largest absolute Gasteiger partial charge is 0.446 e. The molecule has 0 aliphatic carbocycles. The van der Waals surface area contributed by atoms with Crippen molar-refractivity contribution in [2.75, 3.05) is 6.54 Å². The van der Waals surface area contributed by atoms with Crippen LogP contribution in [0.1, 0.15) is 17.0 Å². The Balaban J connectivity index is 1.91. The molecule has 5 heteroatoms. The van der Waals surface area contributed by atoms with Gasteiger partial charge in [-0.25, -0.2) is 4.79 Å².